The Morgan fingerprint density at radius 2 is 1.67 bits per heavy atom. The SMILES string of the molecule is O=c1ccc2ccc(OCCOCCOCCI)cc2o1. The smallest absolute Gasteiger partial charge is 0.336 e. The van der Waals surface area contributed by atoms with Crippen molar-refractivity contribution in [2.24, 2.45) is 0 Å². The molecule has 0 bridgehead atoms. The lowest BCUT2D eigenvalue weighted by atomic mass is 10.2. The normalized spacial score (nSPS) is 10.9. The molecule has 0 aliphatic carbocycles. The molecule has 0 spiro atoms. The van der Waals surface area contributed by atoms with Crippen molar-refractivity contribution in [2.75, 3.05) is 37.5 Å². The van der Waals surface area contributed by atoms with Gasteiger partial charge in [-0.15, -0.1) is 0 Å². The van der Waals surface area contributed by atoms with Crippen LogP contribution in [-0.2, 0) is 9.47 Å². The van der Waals surface area contributed by atoms with E-state index < -0.39 is 0 Å². The predicted octanol–water partition coefficient (Wildman–Crippen LogP) is 2.64. The Hall–Kier alpha value is -1.12. The lowest BCUT2D eigenvalue weighted by Crippen LogP contribution is -2.11. The minimum absolute atomic E-state index is 0.366. The second-order valence-electron chi connectivity index (χ2n) is 4.22. The van der Waals surface area contributed by atoms with Crippen molar-refractivity contribution in [3.05, 3.63) is 40.8 Å². The van der Waals surface area contributed by atoms with Crippen LogP contribution in [-0.4, -0.2) is 37.5 Å². The largest absolute Gasteiger partial charge is 0.491 e. The summed E-state index contributed by atoms with van der Waals surface area (Å²) >= 11 is 2.26. The molecule has 1 aromatic heterocycles. The first-order valence-corrected chi connectivity index (χ1v) is 8.20. The molecule has 1 aromatic carbocycles. The summed E-state index contributed by atoms with van der Waals surface area (Å²) in [6, 6.07) is 8.53. The monoisotopic (exact) mass is 404 g/mol. The highest BCUT2D eigenvalue weighted by atomic mass is 127. The summed E-state index contributed by atoms with van der Waals surface area (Å²) in [7, 11) is 0. The summed E-state index contributed by atoms with van der Waals surface area (Å²) < 4.78 is 22.3. The molecule has 0 fully saturated rings. The number of hydrogen-bond acceptors (Lipinski definition) is 5. The second kappa shape index (κ2) is 9.01. The highest BCUT2D eigenvalue weighted by Crippen LogP contribution is 2.19. The molecule has 0 saturated heterocycles. The molecule has 0 radical (unpaired) electrons. The molecule has 0 saturated carbocycles. The van der Waals surface area contributed by atoms with Crippen LogP contribution in [0.3, 0.4) is 0 Å². The summed E-state index contributed by atoms with van der Waals surface area (Å²) in [5.41, 5.74) is 0.155. The lowest BCUT2D eigenvalue weighted by molar-refractivity contribution is 0.0417. The average molecular weight is 404 g/mol. The molecule has 21 heavy (non-hydrogen) atoms. The molecule has 0 amide bonds. The van der Waals surface area contributed by atoms with Gasteiger partial charge < -0.3 is 18.6 Å². The summed E-state index contributed by atoms with van der Waals surface area (Å²) in [5.74, 6) is 0.654. The number of hydrogen-bond donors (Lipinski definition) is 0. The van der Waals surface area contributed by atoms with E-state index in [1.807, 2.05) is 12.1 Å². The maximum absolute atomic E-state index is 11.2. The van der Waals surface area contributed by atoms with Crippen LogP contribution < -0.4 is 10.4 Å². The van der Waals surface area contributed by atoms with Crippen LogP contribution in [0, 0.1) is 0 Å². The van der Waals surface area contributed by atoms with E-state index in [1.54, 1.807) is 12.1 Å². The number of halogens is 1. The lowest BCUT2D eigenvalue weighted by Gasteiger charge is -2.08. The van der Waals surface area contributed by atoms with Gasteiger partial charge in [-0.05, 0) is 18.2 Å². The highest BCUT2D eigenvalue weighted by molar-refractivity contribution is 14.1. The van der Waals surface area contributed by atoms with Crippen LogP contribution in [0.15, 0.2) is 39.5 Å². The first kappa shape index (κ1) is 16.3. The Morgan fingerprint density at radius 3 is 2.48 bits per heavy atom. The maximum Gasteiger partial charge on any atom is 0.336 e. The number of ether oxygens (including phenoxy) is 3. The van der Waals surface area contributed by atoms with Crippen LogP contribution in [0.2, 0.25) is 0 Å². The topological polar surface area (TPSA) is 57.9 Å². The second-order valence-corrected chi connectivity index (χ2v) is 5.30. The van der Waals surface area contributed by atoms with E-state index in [0.717, 1.165) is 16.4 Å². The zero-order valence-corrected chi connectivity index (χ0v) is 13.7. The van der Waals surface area contributed by atoms with Gasteiger partial charge in [-0.3, -0.25) is 0 Å². The minimum Gasteiger partial charge on any atom is -0.491 e. The Balaban J connectivity index is 1.72. The van der Waals surface area contributed by atoms with Crippen LogP contribution in [0.4, 0.5) is 0 Å². The van der Waals surface area contributed by atoms with E-state index in [9.17, 15) is 4.79 Å². The van der Waals surface area contributed by atoms with Gasteiger partial charge in [0.25, 0.3) is 0 Å². The quantitative estimate of drug-likeness (QED) is 0.279. The van der Waals surface area contributed by atoms with E-state index >= 15 is 0 Å². The number of fused-ring (bicyclic) bond motifs is 1. The zero-order chi connectivity index (χ0) is 14.9. The van der Waals surface area contributed by atoms with Gasteiger partial charge in [-0.2, -0.15) is 0 Å². The molecule has 5 nitrogen and oxygen atoms in total. The van der Waals surface area contributed by atoms with Gasteiger partial charge in [-0.1, -0.05) is 22.6 Å². The number of rotatable bonds is 9. The van der Waals surface area contributed by atoms with Crippen molar-refractivity contribution in [1.29, 1.82) is 0 Å². The van der Waals surface area contributed by atoms with E-state index in [0.29, 0.717) is 37.8 Å². The number of alkyl halides is 1. The fraction of sp³-hybridized carbons (Fsp3) is 0.400. The molecule has 2 rings (SSSR count). The Bertz CT molecular complexity index is 610. The van der Waals surface area contributed by atoms with Crippen molar-refractivity contribution in [2.45, 2.75) is 0 Å². The van der Waals surface area contributed by atoms with Crippen molar-refractivity contribution in [3.8, 4) is 5.75 Å². The van der Waals surface area contributed by atoms with Gasteiger partial charge in [0.15, 0.2) is 0 Å². The third-order valence-electron chi connectivity index (χ3n) is 2.68. The van der Waals surface area contributed by atoms with Gasteiger partial charge in [-0.25, -0.2) is 4.79 Å². The molecule has 6 heteroatoms. The fourth-order valence-electron chi connectivity index (χ4n) is 1.73. The third-order valence-corrected chi connectivity index (χ3v) is 3.12. The van der Waals surface area contributed by atoms with Crippen molar-refractivity contribution >= 4 is 33.6 Å². The van der Waals surface area contributed by atoms with Gasteiger partial charge in [0.05, 0.1) is 26.4 Å². The minimum atomic E-state index is -0.366. The van der Waals surface area contributed by atoms with Gasteiger partial charge in [0.1, 0.15) is 17.9 Å². The van der Waals surface area contributed by atoms with Gasteiger partial charge in [0.2, 0.25) is 0 Å². The Labute approximate surface area is 136 Å². The molecule has 0 aliphatic heterocycles. The van der Waals surface area contributed by atoms with Crippen molar-refractivity contribution in [3.63, 3.8) is 0 Å². The summed E-state index contributed by atoms with van der Waals surface area (Å²) in [4.78, 5) is 11.2. The molecular formula is C15H17IO5. The first-order chi connectivity index (χ1) is 10.3. The molecule has 0 unspecified atom stereocenters. The summed E-state index contributed by atoms with van der Waals surface area (Å²) in [6.07, 6.45) is 0. The van der Waals surface area contributed by atoms with E-state index in [4.69, 9.17) is 18.6 Å². The van der Waals surface area contributed by atoms with E-state index in [1.165, 1.54) is 6.07 Å². The van der Waals surface area contributed by atoms with E-state index in [-0.39, 0.29) is 5.63 Å². The van der Waals surface area contributed by atoms with Crippen molar-refractivity contribution < 1.29 is 18.6 Å². The zero-order valence-electron chi connectivity index (χ0n) is 11.5. The van der Waals surface area contributed by atoms with Crippen LogP contribution in [0.5, 0.6) is 5.75 Å². The first-order valence-electron chi connectivity index (χ1n) is 6.68. The maximum atomic E-state index is 11.2. The van der Waals surface area contributed by atoms with Crippen LogP contribution in [0.25, 0.3) is 11.0 Å². The summed E-state index contributed by atoms with van der Waals surface area (Å²) in [5, 5.41) is 0.866. The van der Waals surface area contributed by atoms with E-state index in [2.05, 4.69) is 22.6 Å². The third kappa shape index (κ3) is 5.64. The number of benzene rings is 1. The predicted molar refractivity (Wildman–Crippen MR) is 88.5 cm³/mol. The Morgan fingerprint density at radius 1 is 0.952 bits per heavy atom. The highest BCUT2D eigenvalue weighted by Gasteiger charge is 2.00. The van der Waals surface area contributed by atoms with Gasteiger partial charge >= 0.3 is 5.63 Å². The molecule has 0 aliphatic rings. The fourth-order valence-corrected chi connectivity index (χ4v) is 2.04. The molecule has 0 N–H and O–H groups in total. The molecule has 0 atom stereocenters. The molecule has 1 heterocycles. The standard InChI is InChI=1S/C15H17IO5/c16-5-6-18-7-8-19-9-10-20-13-3-1-12-2-4-15(17)21-14(12)11-13/h1-4,11H,5-10H2. The van der Waals surface area contributed by atoms with Crippen LogP contribution in [0.1, 0.15) is 0 Å². The Kier molecular flexibility index (Phi) is 6.98. The summed E-state index contributed by atoms with van der Waals surface area (Å²) in [6.45, 7) is 2.85. The van der Waals surface area contributed by atoms with Crippen LogP contribution >= 0.6 is 22.6 Å². The molecule has 2 aromatic rings. The molecule has 114 valence electrons. The van der Waals surface area contributed by atoms with Gasteiger partial charge in [0, 0.05) is 21.9 Å². The van der Waals surface area contributed by atoms with Crippen molar-refractivity contribution in [1.82, 2.24) is 0 Å². The average Bonchev–Trinajstić information content (AvgIpc) is 2.49. The molecular weight excluding hydrogens is 387 g/mol.